The van der Waals surface area contributed by atoms with E-state index in [9.17, 15) is 0 Å². The van der Waals surface area contributed by atoms with Gasteiger partial charge in [-0.15, -0.1) is 0 Å². The van der Waals surface area contributed by atoms with E-state index in [0.29, 0.717) is 52.9 Å². The zero-order valence-electron chi connectivity index (χ0n) is 15.7. The zero-order chi connectivity index (χ0) is 18.4. The average molecular weight is 367 g/mol. The normalized spacial score (nSPS) is 11.5. The second kappa shape index (κ2) is 21.7. The van der Waals surface area contributed by atoms with Gasteiger partial charge < -0.3 is 39.9 Å². The predicted molar refractivity (Wildman–Crippen MR) is 95.2 cm³/mol. The van der Waals surface area contributed by atoms with E-state index in [2.05, 4.69) is 11.8 Å². The lowest BCUT2D eigenvalue weighted by molar-refractivity contribution is -0.0759. The van der Waals surface area contributed by atoms with Crippen LogP contribution in [0.25, 0.3) is 0 Å². The van der Waals surface area contributed by atoms with Crippen molar-refractivity contribution < 1.29 is 28.4 Å². The van der Waals surface area contributed by atoms with Crippen molar-refractivity contribution in [1.29, 1.82) is 0 Å². The van der Waals surface area contributed by atoms with Crippen molar-refractivity contribution in [2.45, 2.75) is 13.3 Å². The van der Waals surface area contributed by atoms with E-state index in [4.69, 9.17) is 39.9 Å². The van der Waals surface area contributed by atoms with Crippen molar-refractivity contribution in [3.8, 4) is 0 Å². The summed E-state index contributed by atoms with van der Waals surface area (Å²) in [5, 5.41) is 0. The lowest BCUT2D eigenvalue weighted by Crippen LogP contribution is -2.34. The van der Waals surface area contributed by atoms with Crippen LogP contribution in [0.5, 0.6) is 0 Å². The molecular weight excluding hydrogens is 330 g/mol. The summed E-state index contributed by atoms with van der Waals surface area (Å²) in [7, 11) is 0. The van der Waals surface area contributed by atoms with Crippen LogP contribution < -0.4 is 11.5 Å². The van der Waals surface area contributed by atoms with Gasteiger partial charge in [0.15, 0.2) is 0 Å². The Morgan fingerprint density at radius 1 is 0.560 bits per heavy atom. The molecule has 0 aliphatic carbocycles. The molecule has 0 rings (SSSR count). The number of nitrogens with two attached hydrogens (primary N) is 2. The smallest absolute Gasteiger partial charge is 0.146 e. The fourth-order valence-corrected chi connectivity index (χ4v) is 1.76. The average Bonchev–Trinajstić information content (AvgIpc) is 2.63. The van der Waals surface area contributed by atoms with E-state index in [-0.39, 0.29) is 13.6 Å². The van der Waals surface area contributed by atoms with Crippen LogP contribution in [0.1, 0.15) is 13.3 Å². The quantitative estimate of drug-likeness (QED) is 0.206. The summed E-state index contributed by atoms with van der Waals surface area (Å²) in [6.45, 7) is 9.67. The number of hydrogen-bond donors (Lipinski definition) is 2. The predicted octanol–water partition coefficient (Wildman–Crippen LogP) is -0.412. The van der Waals surface area contributed by atoms with Gasteiger partial charge in [-0.2, -0.15) is 0 Å². The van der Waals surface area contributed by atoms with Gasteiger partial charge in [0.05, 0.1) is 33.0 Å². The molecule has 0 amide bonds. The molecule has 9 nitrogen and oxygen atoms in total. The van der Waals surface area contributed by atoms with Crippen molar-refractivity contribution >= 4 is 0 Å². The van der Waals surface area contributed by atoms with Crippen molar-refractivity contribution in [3.05, 3.63) is 0 Å². The maximum atomic E-state index is 5.46. The molecule has 0 aliphatic heterocycles. The maximum absolute atomic E-state index is 5.46. The molecule has 4 N–H and O–H groups in total. The van der Waals surface area contributed by atoms with E-state index >= 15 is 0 Å². The first-order chi connectivity index (χ1) is 12.3. The molecule has 9 heteroatoms. The molecule has 0 spiro atoms. The Hall–Kier alpha value is -0.360. The molecular formula is C16H37N3O6. The fourth-order valence-electron chi connectivity index (χ4n) is 1.76. The van der Waals surface area contributed by atoms with Crippen LogP contribution >= 0.6 is 0 Å². The summed E-state index contributed by atoms with van der Waals surface area (Å²) in [6.07, 6.45) is 0.989. The third-order valence-electron chi connectivity index (χ3n) is 3.03. The number of ether oxygens (including phenoxy) is 6. The highest BCUT2D eigenvalue weighted by atomic mass is 16.7. The first-order valence-electron chi connectivity index (χ1n) is 8.94. The van der Waals surface area contributed by atoms with E-state index in [1.165, 1.54) is 0 Å². The van der Waals surface area contributed by atoms with Gasteiger partial charge in [0.2, 0.25) is 0 Å². The maximum Gasteiger partial charge on any atom is 0.146 e. The molecule has 0 saturated heterocycles. The van der Waals surface area contributed by atoms with Gasteiger partial charge in [0, 0.05) is 39.3 Å². The van der Waals surface area contributed by atoms with Crippen molar-refractivity contribution in [2.75, 3.05) is 92.7 Å². The standard InChI is InChI=1S/C16H37N3O6/c1-2-8-20-14-23-11-5-19(6-12-24-15-21-9-3-17)7-13-25-16-22-10-4-18/h2-18H2,1H3. The minimum atomic E-state index is 0.260. The summed E-state index contributed by atoms with van der Waals surface area (Å²) in [5.74, 6) is 0. The molecule has 0 radical (unpaired) electrons. The molecule has 152 valence electrons. The Morgan fingerprint density at radius 3 is 1.28 bits per heavy atom. The van der Waals surface area contributed by atoms with Gasteiger partial charge in [0.1, 0.15) is 20.4 Å². The molecule has 0 aromatic rings. The van der Waals surface area contributed by atoms with Crippen LogP contribution in [0.15, 0.2) is 0 Å². The highest BCUT2D eigenvalue weighted by molar-refractivity contribution is 4.56. The Morgan fingerprint density at radius 2 is 0.920 bits per heavy atom. The molecule has 0 aliphatic rings. The first-order valence-corrected chi connectivity index (χ1v) is 8.94. The lowest BCUT2D eigenvalue weighted by Gasteiger charge is -2.22. The van der Waals surface area contributed by atoms with Crippen LogP contribution in [-0.4, -0.2) is 97.6 Å². The Bertz CT molecular complexity index is 214. The SMILES string of the molecule is CCCOCOCCN(CCOCOCCN)CCOCOCCN. The van der Waals surface area contributed by atoms with Gasteiger partial charge in [-0.3, -0.25) is 4.90 Å². The fraction of sp³-hybridized carbons (Fsp3) is 1.00. The Kier molecular flexibility index (Phi) is 21.4. The topological polar surface area (TPSA) is 111 Å². The van der Waals surface area contributed by atoms with Crippen molar-refractivity contribution in [3.63, 3.8) is 0 Å². The summed E-state index contributed by atoms with van der Waals surface area (Å²) in [5.41, 5.74) is 10.7. The Labute approximate surface area is 151 Å². The third kappa shape index (κ3) is 19.8. The minimum absolute atomic E-state index is 0.260. The highest BCUT2D eigenvalue weighted by Crippen LogP contribution is 1.93. The zero-order valence-corrected chi connectivity index (χ0v) is 15.7. The van der Waals surface area contributed by atoms with Gasteiger partial charge in [0.25, 0.3) is 0 Å². The van der Waals surface area contributed by atoms with E-state index in [1.54, 1.807) is 0 Å². The highest BCUT2D eigenvalue weighted by Gasteiger charge is 2.05. The van der Waals surface area contributed by atoms with Crippen LogP contribution in [0, 0.1) is 0 Å². The van der Waals surface area contributed by atoms with Gasteiger partial charge in [-0.1, -0.05) is 6.92 Å². The van der Waals surface area contributed by atoms with E-state index in [0.717, 1.165) is 32.7 Å². The molecule has 0 heterocycles. The molecule has 0 unspecified atom stereocenters. The van der Waals surface area contributed by atoms with Crippen molar-refractivity contribution in [2.24, 2.45) is 11.5 Å². The number of rotatable bonds is 21. The summed E-state index contributed by atoms with van der Waals surface area (Å²) in [6, 6.07) is 0. The van der Waals surface area contributed by atoms with Crippen LogP contribution in [0.2, 0.25) is 0 Å². The second-order valence-electron chi connectivity index (χ2n) is 5.22. The van der Waals surface area contributed by atoms with Crippen molar-refractivity contribution in [1.82, 2.24) is 4.90 Å². The molecule has 25 heavy (non-hydrogen) atoms. The molecule has 0 fully saturated rings. The van der Waals surface area contributed by atoms with E-state index in [1.807, 2.05) is 0 Å². The monoisotopic (exact) mass is 367 g/mol. The Balaban J connectivity index is 3.76. The second-order valence-corrected chi connectivity index (χ2v) is 5.22. The number of hydrogen-bond acceptors (Lipinski definition) is 9. The van der Waals surface area contributed by atoms with Gasteiger partial charge in [-0.05, 0) is 6.42 Å². The lowest BCUT2D eigenvalue weighted by atomic mass is 10.4. The largest absolute Gasteiger partial charge is 0.355 e. The molecule has 0 atom stereocenters. The van der Waals surface area contributed by atoms with Gasteiger partial charge in [-0.25, -0.2) is 0 Å². The van der Waals surface area contributed by atoms with Crippen LogP contribution in [0.4, 0.5) is 0 Å². The van der Waals surface area contributed by atoms with E-state index < -0.39 is 0 Å². The summed E-state index contributed by atoms with van der Waals surface area (Å²) < 4.78 is 32.0. The van der Waals surface area contributed by atoms with Crippen LogP contribution in [-0.2, 0) is 28.4 Å². The van der Waals surface area contributed by atoms with Gasteiger partial charge >= 0.3 is 0 Å². The van der Waals surface area contributed by atoms with Crippen LogP contribution in [0.3, 0.4) is 0 Å². The minimum Gasteiger partial charge on any atom is -0.355 e. The third-order valence-corrected chi connectivity index (χ3v) is 3.03. The summed E-state index contributed by atoms with van der Waals surface area (Å²) in [4.78, 5) is 2.20. The molecule has 0 aromatic heterocycles. The first kappa shape index (κ1) is 24.6. The molecule has 0 saturated carbocycles. The number of nitrogens with zero attached hydrogens (tertiary/aromatic N) is 1. The molecule has 0 bridgehead atoms. The summed E-state index contributed by atoms with van der Waals surface area (Å²) >= 11 is 0. The molecule has 0 aromatic carbocycles.